The van der Waals surface area contributed by atoms with Gasteiger partial charge in [0.15, 0.2) is 0 Å². The van der Waals surface area contributed by atoms with Crippen LogP contribution in [0.25, 0.3) is 0 Å². The lowest BCUT2D eigenvalue weighted by Gasteiger charge is -2.39. The summed E-state index contributed by atoms with van der Waals surface area (Å²) in [7, 11) is 0. The number of benzene rings is 2. The van der Waals surface area contributed by atoms with Crippen LogP contribution in [0, 0.1) is 0 Å². The van der Waals surface area contributed by atoms with Crippen molar-refractivity contribution in [3.63, 3.8) is 0 Å². The zero-order chi connectivity index (χ0) is 17.8. The van der Waals surface area contributed by atoms with Gasteiger partial charge in [0.2, 0.25) is 0 Å². The van der Waals surface area contributed by atoms with Crippen LogP contribution in [0.2, 0.25) is 0 Å². The molecular weight excluding hydrogens is 318 g/mol. The molecule has 5 heteroatoms. The van der Waals surface area contributed by atoms with Crippen LogP contribution < -0.4 is 0 Å². The van der Waals surface area contributed by atoms with Crippen molar-refractivity contribution in [2.24, 2.45) is 0 Å². The summed E-state index contributed by atoms with van der Waals surface area (Å²) in [5.74, 6) is -1.06. The molecule has 1 unspecified atom stereocenters. The molecule has 0 saturated carbocycles. The molecule has 5 nitrogen and oxygen atoms in total. The molecule has 1 aliphatic rings. The van der Waals surface area contributed by atoms with Crippen LogP contribution >= 0.6 is 0 Å². The Hall–Kier alpha value is -3.08. The lowest BCUT2D eigenvalue weighted by molar-refractivity contribution is -0.143. The van der Waals surface area contributed by atoms with Gasteiger partial charge in [-0.3, -0.25) is 4.90 Å². The predicted molar refractivity (Wildman–Crippen MR) is 93.0 cm³/mol. The van der Waals surface area contributed by atoms with Crippen LogP contribution in [0.15, 0.2) is 67.3 Å². The number of carboxylic acids is 1. The summed E-state index contributed by atoms with van der Waals surface area (Å²) in [4.78, 5) is 25.7. The molecule has 2 aromatic rings. The highest BCUT2D eigenvalue weighted by molar-refractivity contribution is 5.82. The first-order valence-corrected chi connectivity index (χ1v) is 8.04. The van der Waals surface area contributed by atoms with E-state index in [0.29, 0.717) is 0 Å². The molecule has 3 rings (SSSR count). The van der Waals surface area contributed by atoms with Gasteiger partial charge in [-0.25, -0.2) is 9.59 Å². The van der Waals surface area contributed by atoms with Crippen LogP contribution in [-0.2, 0) is 22.6 Å². The van der Waals surface area contributed by atoms with Gasteiger partial charge in [0.25, 0.3) is 0 Å². The Morgan fingerprint density at radius 2 is 1.84 bits per heavy atom. The summed E-state index contributed by atoms with van der Waals surface area (Å²) in [6.45, 7) is 3.88. The average Bonchev–Trinajstić information content (AvgIpc) is 2.65. The molecule has 0 bridgehead atoms. The summed E-state index contributed by atoms with van der Waals surface area (Å²) in [6.07, 6.45) is 1.17. The molecule has 1 N–H and O–H groups in total. The van der Waals surface area contributed by atoms with E-state index in [1.165, 1.54) is 4.90 Å². The molecular formula is C20H19NO4. The molecule has 0 saturated heterocycles. The standard InChI is InChI=1S/C20H19NO4/c1-2-17-16-11-7-6-10-15(16)12-18(19(22)23)21(17)20(24)25-13-14-8-4-3-5-9-14/h2-11,17-18H,1,12-13H2,(H,22,23)/t17?,18-/m0/s1. The Labute approximate surface area is 146 Å². The molecule has 0 aromatic heterocycles. The summed E-state index contributed by atoms with van der Waals surface area (Å²) < 4.78 is 5.37. The van der Waals surface area contributed by atoms with E-state index in [1.807, 2.05) is 54.6 Å². The highest BCUT2D eigenvalue weighted by atomic mass is 16.6. The molecule has 0 aliphatic carbocycles. The number of hydrogen-bond donors (Lipinski definition) is 1. The third-order valence-electron chi connectivity index (χ3n) is 4.35. The number of nitrogens with zero attached hydrogens (tertiary/aromatic N) is 1. The number of carbonyl (C=O) groups excluding carboxylic acids is 1. The van der Waals surface area contributed by atoms with E-state index in [2.05, 4.69) is 6.58 Å². The van der Waals surface area contributed by atoms with Crippen molar-refractivity contribution in [3.05, 3.63) is 83.9 Å². The third-order valence-corrected chi connectivity index (χ3v) is 4.35. The predicted octanol–water partition coefficient (Wildman–Crippen LogP) is 3.56. The molecule has 1 aliphatic heterocycles. The topological polar surface area (TPSA) is 66.8 Å². The molecule has 0 fully saturated rings. The second kappa shape index (κ2) is 7.21. The Kier molecular flexibility index (Phi) is 4.84. The molecule has 0 radical (unpaired) electrons. The molecule has 1 heterocycles. The fraction of sp³-hybridized carbons (Fsp3) is 0.200. The molecule has 128 valence electrons. The zero-order valence-corrected chi connectivity index (χ0v) is 13.7. The summed E-state index contributed by atoms with van der Waals surface area (Å²) >= 11 is 0. The van der Waals surface area contributed by atoms with Gasteiger partial charge in [0.05, 0.1) is 6.04 Å². The van der Waals surface area contributed by atoms with E-state index < -0.39 is 24.1 Å². The first kappa shape index (κ1) is 16.8. The van der Waals surface area contributed by atoms with Crippen LogP contribution in [0.5, 0.6) is 0 Å². The number of fused-ring (bicyclic) bond motifs is 1. The van der Waals surface area contributed by atoms with E-state index in [9.17, 15) is 14.7 Å². The number of rotatable bonds is 4. The lowest BCUT2D eigenvalue weighted by Crippen LogP contribution is -2.50. The van der Waals surface area contributed by atoms with Gasteiger partial charge >= 0.3 is 12.1 Å². The first-order chi connectivity index (χ1) is 12.1. The zero-order valence-electron chi connectivity index (χ0n) is 13.7. The SMILES string of the molecule is C=CC1c2ccccc2C[C@@H](C(=O)O)N1C(=O)OCc1ccccc1. The number of aliphatic carboxylic acids is 1. The van der Waals surface area contributed by atoms with Crippen molar-refractivity contribution in [1.29, 1.82) is 0 Å². The van der Waals surface area contributed by atoms with Gasteiger partial charge in [0.1, 0.15) is 12.6 Å². The molecule has 2 aromatic carbocycles. The highest BCUT2D eigenvalue weighted by Crippen LogP contribution is 2.34. The van der Waals surface area contributed by atoms with Crippen molar-refractivity contribution in [2.75, 3.05) is 0 Å². The molecule has 0 spiro atoms. The number of ether oxygens (including phenoxy) is 1. The quantitative estimate of drug-likeness (QED) is 0.866. The van der Waals surface area contributed by atoms with Crippen LogP contribution in [0.3, 0.4) is 0 Å². The number of carboxylic acid groups (broad SMARTS) is 1. The summed E-state index contributed by atoms with van der Waals surface area (Å²) in [6, 6.07) is 15.3. The maximum atomic E-state index is 12.7. The van der Waals surface area contributed by atoms with Crippen LogP contribution in [-0.4, -0.2) is 28.1 Å². The van der Waals surface area contributed by atoms with Gasteiger partial charge in [-0.15, -0.1) is 6.58 Å². The maximum absolute atomic E-state index is 12.7. The fourth-order valence-corrected chi connectivity index (χ4v) is 3.14. The molecule has 2 atom stereocenters. The Bertz CT molecular complexity index is 787. The van der Waals surface area contributed by atoms with Crippen LogP contribution in [0.1, 0.15) is 22.7 Å². The number of amides is 1. The third kappa shape index (κ3) is 3.40. The van der Waals surface area contributed by atoms with E-state index >= 15 is 0 Å². The average molecular weight is 337 g/mol. The lowest BCUT2D eigenvalue weighted by atomic mass is 9.88. The minimum atomic E-state index is -1.06. The summed E-state index contributed by atoms with van der Waals surface area (Å²) in [5, 5.41) is 9.60. The van der Waals surface area contributed by atoms with Crippen molar-refractivity contribution in [1.82, 2.24) is 4.90 Å². The van der Waals surface area contributed by atoms with Crippen molar-refractivity contribution < 1.29 is 19.4 Å². The van der Waals surface area contributed by atoms with Crippen molar-refractivity contribution in [3.8, 4) is 0 Å². The Morgan fingerprint density at radius 3 is 2.52 bits per heavy atom. The fourth-order valence-electron chi connectivity index (χ4n) is 3.14. The van der Waals surface area contributed by atoms with E-state index in [-0.39, 0.29) is 13.0 Å². The smallest absolute Gasteiger partial charge is 0.411 e. The Morgan fingerprint density at radius 1 is 1.16 bits per heavy atom. The molecule has 1 amide bonds. The van der Waals surface area contributed by atoms with E-state index in [4.69, 9.17) is 4.74 Å². The molecule has 25 heavy (non-hydrogen) atoms. The van der Waals surface area contributed by atoms with Gasteiger partial charge < -0.3 is 9.84 Å². The van der Waals surface area contributed by atoms with Crippen molar-refractivity contribution in [2.45, 2.75) is 25.1 Å². The highest BCUT2D eigenvalue weighted by Gasteiger charge is 2.40. The van der Waals surface area contributed by atoms with Gasteiger partial charge in [-0.1, -0.05) is 60.7 Å². The second-order valence-corrected chi connectivity index (χ2v) is 5.88. The minimum absolute atomic E-state index is 0.0913. The van der Waals surface area contributed by atoms with Crippen molar-refractivity contribution >= 4 is 12.1 Å². The summed E-state index contributed by atoms with van der Waals surface area (Å²) in [5.41, 5.74) is 2.63. The van der Waals surface area contributed by atoms with E-state index in [0.717, 1.165) is 16.7 Å². The van der Waals surface area contributed by atoms with E-state index in [1.54, 1.807) is 6.08 Å². The normalized spacial score (nSPS) is 19.0. The first-order valence-electron chi connectivity index (χ1n) is 8.04. The largest absolute Gasteiger partial charge is 0.480 e. The second-order valence-electron chi connectivity index (χ2n) is 5.88. The number of hydrogen-bond acceptors (Lipinski definition) is 3. The van der Waals surface area contributed by atoms with Gasteiger partial charge in [0, 0.05) is 6.42 Å². The maximum Gasteiger partial charge on any atom is 0.411 e. The van der Waals surface area contributed by atoms with Gasteiger partial charge in [-0.05, 0) is 16.7 Å². The monoisotopic (exact) mass is 337 g/mol. The van der Waals surface area contributed by atoms with Gasteiger partial charge in [-0.2, -0.15) is 0 Å². The minimum Gasteiger partial charge on any atom is -0.480 e. The Balaban J connectivity index is 1.86. The number of carbonyl (C=O) groups is 2. The van der Waals surface area contributed by atoms with Crippen LogP contribution in [0.4, 0.5) is 4.79 Å².